The van der Waals surface area contributed by atoms with E-state index >= 15 is 0 Å². The minimum Gasteiger partial charge on any atom is -0.480 e. The molecule has 0 amide bonds. The lowest BCUT2D eigenvalue weighted by atomic mass is 10.0. The Morgan fingerprint density at radius 2 is 1.94 bits per heavy atom. The van der Waals surface area contributed by atoms with Crippen LogP contribution < -0.4 is 0 Å². The van der Waals surface area contributed by atoms with Gasteiger partial charge in [-0.3, -0.25) is 4.79 Å². The number of rotatable bonds is 3. The highest BCUT2D eigenvalue weighted by molar-refractivity contribution is 7.91. The van der Waals surface area contributed by atoms with Gasteiger partial charge in [0.05, 0.1) is 6.07 Å². The summed E-state index contributed by atoms with van der Waals surface area (Å²) in [4.78, 5) is 11.3. The zero-order valence-corrected chi connectivity index (χ0v) is 10.4. The number of hydrogen-bond acceptors (Lipinski definition) is 4. The first kappa shape index (κ1) is 12.6. The number of carboxylic acid groups (broad SMARTS) is 1. The summed E-state index contributed by atoms with van der Waals surface area (Å²) in [6, 6.07) is 10.1. The fourth-order valence-electron chi connectivity index (χ4n) is 2.47. The molecule has 2 rings (SSSR count). The number of nitriles is 1. The van der Waals surface area contributed by atoms with Crippen LogP contribution in [0.2, 0.25) is 0 Å². The fourth-order valence-corrected chi connectivity index (χ4v) is 4.24. The lowest BCUT2D eigenvalue weighted by molar-refractivity contribution is -0.141. The summed E-state index contributed by atoms with van der Waals surface area (Å²) in [5.41, 5.74) is -1.29. The Hall–Kier alpha value is -1.87. The number of sulfone groups is 1. The summed E-state index contributed by atoms with van der Waals surface area (Å²) < 4.78 is 23.3. The van der Waals surface area contributed by atoms with E-state index in [2.05, 4.69) is 0 Å². The lowest BCUT2D eigenvalue weighted by Crippen LogP contribution is -2.21. The van der Waals surface area contributed by atoms with Gasteiger partial charge in [0, 0.05) is 12.2 Å². The first-order valence-electron chi connectivity index (χ1n) is 5.24. The van der Waals surface area contributed by atoms with E-state index in [-0.39, 0.29) is 0 Å². The van der Waals surface area contributed by atoms with Crippen LogP contribution in [0.25, 0.3) is 0 Å². The Kier molecular flexibility index (Phi) is 2.67. The molecule has 0 saturated heterocycles. The van der Waals surface area contributed by atoms with Crippen molar-refractivity contribution in [3.05, 3.63) is 35.9 Å². The van der Waals surface area contributed by atoms with Crippen molar-refractivity contribution in [3.8, 4) is 6.07 Å². The summed E-state index contributed by atoms with van der Waals surface area (Å²) in [6.07, 6.45) is 0.968. The second-order valence-electron chi connectivity index (χ2n) is 4.42. The Balaban J connectivity index is 2.55. The van der Waals surface area contributed by atoms with Crippen molar-refractivity contribution in [2.24, 2.45) is 5.41 Å². The van der Waals surface area contributed by atoms with Crippen LogP contribution in [0.4, 0.5) is 0 Å². The molecule has 1 saturated carbocycles. The van der Waals surface area contributed by atoms with Gasteiger partial charge in [-0.2, -0.15) is 5.26 Å². The van der Waals surface area contributed by atoms with Crippen LogP contribution in [0.5, 0.6) is 0 Å². The molecule has 0 spiro atoms. The van der Waals surface area contributed by atoms with Gasteiger partial charge in [0.25, 0.3) is 0 Å². The van der Waals surface area contributed by atoms with Crippen molar-refractivity contribution in [1.82, 2.24) is 0 Å². The number of hydrogen-bond donors (Lipinski definition) is 1. The molecule has 0 bridgehead atoms. The fraction of sp³-hybridized carbons (Fsp3) is 0.333. The van der Waals surface area contributed by atoms with Crippen LogP contribution in [-0.4, -0.2) is 31.0 Å². The van der Waals surface area contributed by atoms with E-state index in [1.165, 1.54) is 0 Å². The van der Waals surface area contributed by atoms with Crippen molar-refractivity contribution >= 4 is 15.8 Å². The highest BCUT2D eigenvalue weighted by Gasteiger charge is 2.76. The molecule has 1 fully saturated rings. The maximum absolute atomic E-state index is 11.6. The Bertz CT molecular complexity index is 632. The first-order valence-corrected chi connectivity index (χ1v) is 7.19. The zero-order chi connectivity index (χ0) is 13.6. The number of aliphatic carboxylic acids is 1. The van der Waals surface area contributed by atoms with E-state index in [1.807, 2.05) is 0 Å². The summed E-state index contributed by atoms with van der Waals surface area (Å²) in [6.45, 7) is 0. The molecule has 1 aromatic rings. The SMILES string of the molecule is CS(=O)(=O)[C@@H]1[C@H](c2ccccc2)[C@]1(C#N)C(=O)O. The van der Waals surface area contributed by atoms with Crippen molar-refractivity contribution in [3.63, 3.8) is 0 Å². The third-order valence-electron chi connectivity index (χ3n) is 3.29. The van der Waals surface area contributed by atoms with Gasteiger partial charge >= 0.3 is 5.97 Å². The molecule has 0 aliphatic heterocycles. The van der Waals surface area contributed by atoms with Gasteiger partial charge < -0.3 is 5.11 Å². The van der Waals surface area contributed by atoms with E-state index in [1.54, 1.807) is 36.4 Å². The lowest BCUT2D eigenvalue weighted by Gasteiger charge is -2.01. The van der Waals surface area contributed by atoms with Crippen molar-refractivity contribution in [1.29, 1.82) is 5.26 Å². The first-order chi connectivity index (χ1) is 8.35. The van der Waals surface area contributed by atoms with Crippen LogP contribution in [0.15, 0.2) is 30.3 Å². The predicted molar refractivity (Wildman–Crippen MR) is 63.5 cm³/mol. The molecule has 94 valence electrons. The number of benzene rings is 1. The smallest absolute Gasteiger partial charge is 0.326 e. The number of carboxylic acids is 1. The monoisotopic (exact) mass is 265 g/mol. The van der Waals surface area contributed by atoms with E-state index < -0.39 is 32.4 Å². The normalized spacial score (nSPS) is 30.4. The summed E-state index contributed by atoms with van der Waals surface area (Å²) in [7, 11) is -3.60. The molecule has 1 aromatic carbocycles. The molecular weight excluding hydrogens is 254 g/mol. The van der Waals surface area contributed by atoms with E-state index in [4.69, 9.17) is 5.26 Å². The molecule has 5 nitrogen and oxygen atoms in total. The molecule has 3 atom stereocenters. The number of nitrogens with zero attached hydrogens (tertiary/aromatic N) is 1. The predicted octanol–water partition coefficient (Wildman–Crippen LogP) is 0.792. The molecule has 0 unspecified atom stereocenters. The molecule has 1 aliphatic rings. The highest BCUT2D eigenvalue weighted by atomic mass is 32.2. The second kappa shape index (κ2) is 3.82. The molecular formula is C12H11NO4S. The molecule has 6 heteroatoms. The van der Waals surface area contributed by atoms with Gasteiger partial charge in [-0.15, -0.1) is 0 Å². The third kappa shape index (κ3) is 1.59. The Morgan fingerprint density at radius 1 is 1.39 bits per heavy atom. The van der Waals surface area contributed by atoms with Crippen LogP contribution in [-0.2, 0) is 14.6 Å². The van der Waals surface area contributed by atoms with Gasteiger partial charge in [-0.1, -0.05) is 30.3 Å². The van der Waals surface area contributed by atoms with Gasteiger partial charge in [0.1, 0.15) is 5.25 Å². The second-order valence-corrected chi connectivity index (χ2v) is 6.59. The molecule has 0 radical (unpaired) electrons. The minimum atomic E-state index is -3.60. The minimum absolute atomic E-state index is 0.567. The van der Waals surface area contributed by atoms with Crippen LogP contribution >= 0.6 is 0 Å². The van der Waals surface area contributed by atoms with Crippen LogP contribution in [0.1, 0.15) is 11.5 Å². The summed E-state index contributed by atoms with van der Waals surface area (Å²) >= 11 is 0. The molecule has 1 N–H and O–H groups in total. The van der Waals surface area contributed by atoms with Crippen LogP contribution in [0.3, 0.4) is 0 Å². The van der Waals surface area contributed by atoms with E-state index in [0.717, 1.165) is 6.26 Å². The maximum Gasteiger partial charge on any atom is 0.326 e. The average Bonchev–Trinajstić information content (AvgIpc) is 3.00. The maximum atomic E-state index is 11.6. The van der Waals surface area contributed by atoms with Crippen molar-refractivity contribution < 1.29 is 18.3 Å². The average molecular weight is 265 g/mol. The molecule has 0 heterocycles. The highest BCUT2D eigenvalue weighted by Crippen LogP contribution is 2.62. The largest absolute Gasteiger partial charge is 0.480 e. The van der Waals surface area contributed by atoms with Gasteiger partial charge in [-0.05, 0) is 5.56 Å². The van der Waals surface area contributed by atoms with Gasteiger partial charge in [0.2, 0.25) is 0 Å². The molecule has 18 heavy (non-hydrogen) atoms. The topological polar surface area (TPSA) is 95.2 Å². The van der Waals surface area contributed by atoms with E-state index in [0.29, 0.717) is 5.56 Å². The number of carbonyl (C=O) groups is 1. The quantitative estimate of drug-likeness (QED) is 0.871. The van der Waals surface area contributed by atoms with Gasteiger partial charge in [0.15, 0.2) is 15.3 Å². The third-order valence-corrected chi connectivity index (χ3v) is 4.86. The summed E-state index contributed by atoms with van der Waals surface area (Å²) in [5, 5.41) is 17.1. The Labute approximate surface area is 105 Å². The molecule has 1 aliphatic carbocycles. The van der Waals surface area contributed by atoms with Gasteiger partial charge in [-0.25, -0.2) is 8.42 Å². The Morgan fingerprint density at radius 3 is 2.28 bits per heavy atom. The van der Waals surface area contributed by atoms with Crippen LogP contribution in [0, 0.1) is 16.7 Å². The molecule has 0 aromatic heterocycles. The zero-order valence-electron chi connectivity index (χ0n) is 9.57. The van der Waals surface area contributed by atoms with Crippen molar-refractivity contribution in [2.75, 3.05) is 6.26 Å². The van der Waals surface area contributed by atoms with E-state index in [9.17, 15) is 18.3 Å². The van der Waals surface area contributed by atoms with Crippen molar-refractivity contribution in [2.45, 2.75) is 11.2 Å². The standard InChI is InChI=1S/C12H11NO4S/c1-18(16,17)10-9(8-5-3-2-4-6-8)12(10,7-13)11(14)15/h2-6,9-10H,1H3,(H,14,15)/t9-,10+,12-/m0/s1. The summed E-state index contributed by atoms with van der Waals surface area (Å²) in [5.74, 6) is -2.18.